The van der Waals surface area contributed by atoms with Crippen LogP contribution in [0.15, 0.2) is 53.4 Å². The van der Waals surface area contributed by atoms with Crippen LogP contribution in [0.1, 0.15) is 22.3 Å². The van der Waals surface area contributed by atoms with Gasteiger partial charge in [0.15, 0.2) is 0 Å². The lowest BCUT2D eigenvalue weighted by atomic mass is 10.2. The lowest BCUT2D eigenvalue weighted by Crippen LogP contribution is -2.14. The number of sulfonamides is 1. The number of carbonyl (C=O) groups excluding carboxylic acids is 1. The normalized spacial score (nSPS) is 11.1. The highest BCUT2D eigenvalue weighted by molar-refractivity contribution is 7.93. The van der Waals surface area contributed by atoms with Crippen LogP contribution in [0.2, 0.25) is 0 Å². The third-order valence-electron chi connectivity index (χ3n) is 4.06. The van der Waals surface area contributed by atoms with E-state index >= 15 is 0 Å². The average Bonchev–Trinajstić information content (AvgIpc) is 3.15. The molecule has 1 amide bonds. The summed E-state index contributed by atoms with van der Waals surface area (Å²) in [6.07, 6.45) is 0.686. The maximum atomic E-state index is 12.5. The Hall–Kier alpha value is -2.98. The number of aryl methyl sites for hydroxylation is 1. The minimum absolute atomic E-state index is 0.0686. The highest BCUT2D eigenvalue weighted by atomic mass is 32.2. The Kier molecular flexibility index (Phi) is 6.14. The maximum absolute atomic E-state index is 12.5. The summed E-state index contributed by atoms with van der Waals surface area (Å²) < 4.78 is 27.4. The van der Waals surface area contributed by atoms with Gasteiger partial charge in [0.25, 0.3) is 15.9 Å². The first-order valence-electron chi connectivity index (χ1n) is 8.82. The zero-order valence-corrected chi connectivity index (χ0v) is 17.8. The number of nitrogens with one attached hydrogen (secondary N) is 2. The van der Waals surface area contributed by atoms with Crippen LogP contribution >= 0.6 is 11.3 Å². The third-order valence-corrected chi connectivity index (χ3v) is 6.53. The molecule has 0 aliphatic heterocycles. The molecule has 29 heavy (non-hydrogen) atoms. The summed E-state index contributed by atoms with van der Waals surface area (Å²) in [6, 6.07) is 13.1. The van der Waals surface area contributed by atoms with Crippen molar-refractivity contribution in [3.63, 3.8) is 0 Å². The monoisotopic (exact) mass is 431 g/mol. The van der Waals surface area contributed by atoms with Gasteiger partial charge in [0.2, 0.25) is 5.13 Å². The van der Waals surface area contributed by atoms with E-state index in [1.807, 2.05) is 38.1 Å². The van der Waals surface area contributed by atoms with Crippen molar-refractivity contribution >= 4 is 43.8 Å². The van der Waals surface area contributed by atoms with Gasteiger partial charge < -0.3 is 10.2 Å². The maximum Gasteiger partial charge on any atom is 0.263 e. The fraction of sp³-hybridized carbons (Fsp3) is 0.211. The SMILES string of the molecule is CCc1nnc(NS(=O)(=O)c2ccc(NC(=O)c3ccc(N(C)C)cc3)cc2)s1. The van der Waals surface area contributed by atoms with Gasteiger partial charge in [-0.05, 0) is 55.0 Å². The second-order valence-electron chi connectivity index (χ2n) is 6.38. The molecule has 0 atom stereocenters. The molecule has 0 radical (unpaired) electrons. The van der Waals surface area contributed by atoms with E-state index in [-0.39, 0.29) is 15.9 Å². The quantitative estimate of drug-likeness (QED) is 0.595. The van der Waals surface area contributed by atoms with E-state index in [1.165, 1.54) is 35.6 Å². The molecule has 0 aliphatic rings. The topological polar surface area (TPSA) is 104 Å². The van der Waals surface area contributed by atoms with Crippen LogP contribution in [0.3, 0.4) is 0 Å². The van der Waals surface area contributed by atoms with Crippen molar-refractivity contribution in [2.45, 2.75) is 18.2 Å². The first kappa shape index (κ1) is 20.7. The molecule has 2 aromatic carbocycles. The molecule has 1 heterocycles. The largest absolute Gasteiger partial charge is 0.378 e. The molecular weight excluding hydrogens is 410 g/mol. The number of hydrogen-bond acceptors (Lipinski definition) is 7. The van der Waals surface area contributed by atoms with E-state index < -0.39 is 10.0 Å². The molecule has 0 spiro atoms. The number of nitrogens with zero attached hydrogens (tertiary/aromatic N) is 3. The molecule has 0 saturated heterocycles. The predicted octanol–water partition coefficient (Wildman–Crippen LogP) is 3.22. The van der Waals surface area contributed by atoms with Crippen molar-refractivity contribution in [3.05, 3.63) is 59.1 Å². The molecule has 152 valence electrons. The van der Waals surface area contributed by atoms with E-state index in [4.69, 9.17) is 0 Å². The zero-order valence-electron chi connectivity index (χ0n) is 16.2. The highest BCUT2D eigenvalue weighted by Crippen LogP contribution is 2.22. The minimum Gasteiger partial charge on any atom is -0.378 e. The second-order valence-corrected chi connectivity index (χ2v) is 9.12. The molecule has 0 aliphatic carbocycles. The van der Waals surface area contributed by atoms with Gasteiger partial charge in [0, 0.05) is 31.0 Å². The van der Waals surface area contributed by atoms with Gasteiger partial charge >= 0.3 is 0 Å². The Balaban J connectivity index is 1.68. The van der Waals surface area contributed by atoms with Crippen LogP contribution in [0.4, 0.5) is 16.5 Å². The smallest absolute Gasteiger partial charge is 0.263 e. The first-order valence-corrected chi connectivity index (χ1v) is 11.1. The molecule has 0 unspecified atom stereocenters. The molecule has 8 nitrogen and oxygen atoms in total. The lowest BCUT2D eigenvalue weighted by molar-refractivity contribution is 0.102. The van der Waals surface area contributed by atoms with E-state index in [0.717, 1.165) is 10.7 Å². The molecule has 2 N–H and O–H groups in total. The summed E-state index contributed by atoms with van der Waals surface area (Å²) in [5.41, 5.74) is 2.00. The number of carbonyl (C=O) groups is 1. The zero-order chi connectivity index (χ0) is 21.0. The Bertz CT molecular complexity index is 1090. The van der Waals surface area contributed by atoms with Gasteiger partial charge in [0.05, 0.1) is 4.90 Å². The fourth-order valence-electron chi connectivity index (χ4n) is 2.44. The van der Waals surface area contributed by atoms with Crippen molar-refractivity contribution in [1.82, 2.24) is 10.2 Å². The van der Waals surface area contributed by atoms with Crippen LogP contribution in [0, 0.1) is 0 Å². The van der Waals surface area contributed by atoms with E-state index in [0.29, 0.717) is 17.7 Å². The molecule has 1 aromatic heterocycles. The summed E-state index contributed by atoms with van der Waals surface area (Å²) in [6.45, 7) is 1.92. The number of anilines is 3. The van der Waals surface area contributed by atoms with Crippen molar-refractivity contribution < 1.29 is 13.2 Å². The van der Waals surface area contributed by atoms with Crippen LogP contribution in [-0.4, -0.2) is 38.6 Å². The van der Waals surface area contributed by atoms with Gasteiger partial charge in [-0.3, -0.25) is 9.52 Å². The van der Waals surface area contributed by atoms with E-state index in [1.54, 1.807) is 12.1 Å². The second kappa shape index (κ2) is 8.58. The van der Waals surface area contributed by atoms with Gasteiger partial charge in [-0.15, -0.1) is 10.2 Å². The van der Waals surface area contributed by atoms with Crippen molar-refractivity contribution in [2.75, 3.05) is 29.0 Å². The summed E-state index contributed by atoms with van der Waals surface area (Å²) in [5.74, 6) is -0.273. The van der Waals surface area contributed by atoms with Crippen molar-refractivity contribution in [2.24, 2.45) is 0 Å². The van der Waals surface area contributed by atoms with E-state index in [2.05, 4.69) is 20.2 Å². The van der Waals surface area contributed by atoms with Crippen LogP contribution in [0.25, 0.3) is 0 Å². The number of aromatic nitrogens is 2. The molecule has 0 saturated carbocycles. The summed E-state index contributed by atoms with van der Waals surface area (Å²) in [4.78, 5) is 14.4. The number of rotatable bonds is 7. The van der Waals surface area contributed by atoms with Gasteiger partial charge in [0.1, 0.15) is 5.01 Å². The number of benzene rings is 2. The molecule has 10 heteroatoms. The standard InChI is InChI=1S/C19H21N5O3S2/c1-4-17-21-22-19(28-17)23-29(26,27)16-11-7-14(8-12-16)20-18(25)13-5-9-15(10-6-13)24(2)3/h5-12H,4H2,1-3H3,(H,20,25)(H,22,23). The van der Waals surface area contributed by atoms with Gasteiger partial charge in [-0.2, -0.15) is 0 Å². The average molecular weight is 432 g/mol. The van der Waals surface area contributed by atoms with E-state index in [9.17, 15) is 13.2 Å². The highest BCUT2D eigenvalue weighted by Gasteiger charge is 2.17. The Morgan fingerprint density at radius 1 is 1.03 bits per heavy atom. The third kappa shape index (κ3) is 5.09. The fourth-order valence-corrected chi connectivity index (χ4v) is 4.35. The molecule has 0 fully saturated rings. The van der Waals surface area contributed by atoms with Gasteiger partial charge in [-0.1, -0.05) is 18.3 Å². The molecule has 3 aromatic rings. The predicted molar refractivity (Wildman–Crippen MR) is 115 cm³/mol. The number of amides is 1. The minimum atomic E-state index is -3.78. The molecule has 3 rings (SSSR count). The molecule has 0 bridgehead atoms. The van der Waals surface area contributed by atoms with Crippen molar-refractivity contribution in [1.29, 1.82) is 0 Å². The Morgan fingerprint density at radius 3 is 2.24 bits per heavy atom. The number of hydrogen-bond donors (Lipinski definition) is 2. The Labute approximate surface area is 173 Å². The Morgan fingerprint density at radius 2 is 1.69 bits per heavy atom. The lowest BCUT2D eigenvalue weighted by Gasteiger charge is -2.12. The molecular formula is C19H21N5O3S2. The summed E-state index contributed by atoms with van der Waals surface area (Å²) in [5, 5.41) is 11.4. The van der Waals surface area contributed by atoms with Crippen molar-refractivity contribution in [3.8, 4) is 0 Å². The van der Waals surface area contributed by atoms with Crippen LogP contribution in [-0.2, 0) is 16.4 Å². The first-order chi connectivity index (χ1) is 13.8. The summed E-state index contributed by atoms with van der Waals surface area (Å²) in [7, 11) is 0.0698. The van der Waals surface area contributed by atoms with Crippen LogP contribution < -0.4 is 14.9 Å². The van der Waals surface area contributed by atoms with Crippen LogP contribution in [0.5, 0.6) is 0 Å². The summed E-state index contributed by atoms with van der Waals surface area (Å²) >= 11 is 1.19. The van der Waals surface area contributed by atoms with Gasteiger partial charge in [-0.25, -0.2) is 8.42 Å².